The Morgan fingerprint density at radius 3 is 2.62 bits per heavy atom. The molecule has 0 saturated heterocycles. The third kappa shape index (κ3) is 3.76. The van der Waals surface area contributed by atoms with Crippen molar-refractivity contribution in [2.75, 3.05) is 5.33 Å². The minimum absolute atomic E-state index is 0.0449. The smallest absolute Gasteiger partial charge is 0.255 e. The van der Waals surface area contributed by atoms with E-state index in [-0.39, 0.29) is 17.7 Å². The van der Waals surface area contributed by atoms with Crippen molar-refractivity contribution in [1.29, 1.82) is 0 Å². The molecule has 0 heterocycles. The predicted octanol–water partition coefficient (Wildman–Crippen LogP) is 4.08. The topological polar surface area (TPSA) is 49.3 Å². The summed E-state index contributed by atoms with van der Waals surface area (Å²) in [6.07, 6.45) is 0.894. The summed E-state index contributed by atoms with van der Waals surface area (Å²) in [4.78, 5) is 12.4. The third-order valence-electron chi connectivity index (χ3n) is 3.42. The number of hydrogen-bond donors (Lipinski definition) is 2. The number of aromatic hydroxyl groups is 1. The number of benzene rings is 2. The fraction of sp³-hybridized carbons (Fsp3) is 0.353. The van der Waals surface area contributed by atoms with E-state index < -0.39 is 0 Å². The van der Waals surface area contributed by atoms with Crippen molar-refractivity contribution >= 4 is 32.6 Å². The average Bonchev–Trinajstić information content (AvgIpc) is 2.46. The number of fused-ring (bicyclic) bond motifs is 1. The van der Waals surface area contributed by atoms with Crippen LogP contribution >= 0.6 is 15.9 Å². The normalized spacial score (nSPS) is 12.6. The number of hydrogen-bond acceptors (Lipinski definition) is 2. The molecule has 0 fully saturated rings. The van der Waals surface area contributed by atoms with Gasteiger partial charge in [0.25, 0.3) is 5.91 Å². The fourth-order valence-electron chi connectivity index (χ4n) is 2.43. The Morgan fingerprint density at radius 2 is 1.95 bits per heavy atom. The highest BCUT2D eigenvalue weighted by Gasteiger charge is 2.18. The van der Waals surface area contributed by atoms with Gasteiger partial charge in [0, 0.05) is 16.8 Å². The van der Waals surface area contributed by atoms with E-state index in [0.29, 0.717) is 22.2 Å². The first-order chi connectivity index (χ1) is 10.0. The number of rotatable bonds is 5. The van der Waals surface area contributed by atoms with Crippen LogP contribution < -0.4 is 5.32 Å². The quantitative estimate of drug-likeness (QED) is 0.798. The number of amides is 1. The Kier molecular flexibility index (Phi) is 5.23. The molecule has 2 rings (SSSR count). The van der Waals surface area contributed by atoms with Crippen LogP contribution in [0, 0.1) is 5.92 Å². The second-order valence-electron chi connectivity index (χ2n) is 5.64. The van der Waals surface area contributed by atoms with Crippen molar-refractivity contribution in [3.8, 4) is 5.75 Å². The van der Waals surface area contributed by atoms with E-state index in [1.54, 1.807) is 6.07 Å². The first kappa shape index (κ1) is 15.8. The number of phenolic OH excluding ortho intramolecular Hbond substituents is 1. The van der Waals surface area contributed by atoms with Crippen LogP contribution in [0.1, 0.15) is 30.6 Å². The van der Waals surface area contributed by atoms with Crippen molar-refractivity contribution in [2.45, 2.75) is 26.3 Å². The van der Waals surface area contributed by atoms with E-state index in [2.05, 4.69) is 35.1 Å². The summed E-state index contributed by atoms with van der Waals surface area (Å²) in [5.41, 5.74) is 0.323. The summed E-state index contributed by atoms with van der Waals surface area (Å²) in [5.74, 6) is 0.310. The van der Waals surface area contributed by atoms with E-state index in [1.165, 1.54) is 0 Å². The lowest BCUT2D eigenvalue weighted by atomic mass is 10.0. The Labute approximate surface area is 133 Å². The summed E-state index contributed by atoms with van der Waals surface area (Å²) in [7, 11) is 0. The van der Waals surface area contributed by atoms with Crippen LogP contribution in [-0.2, 0) is 0 Å². The number of carbonyl (C=O) groups is 1. The Balaban J connectivity index is 2.25. The fourth-order valence-corrected chi connectivity index (χ4v) is 2.86. The molecule has 0 spiro atoms. The summed E-state index contributed by atoms with van der Waals surface area (Å²) in [6.45, 7) is 4.24. The highest BCUT2D eigenvalue weighted by molar-refractivity contribution is 9.09. The SMILES string of the molecule is CC(C)CC(CBr)NC(=O)c1ccc2ccccc2c1O. The third-order valence-corrected chi connectivity index (χ3v) is 4.20. The molecule has 0 aliphatic rings. The first-order valence-corrected chi connectivity index (χ1v) is 8.22. The van der Waals surface area contributed by atoms with Gasteiger partial charge >= 0.3 is 0 Å². The van der Waals surface area contributed by atoms with E-state index in [0.717, 1.165) is 11.8 Å². The Hall–Kier alpha value is -1.55. The van der Waals surface area contributed by atoms with Crippen molar-refractivity contribution in [3.05, 3.63) is 42.0 Å². The molecule has 0 bridgehead atoms. The maximum atomic E-state index is 12.4. The van der Waals surface area contributed by atoms with Crippen LogP contribution in [0.2, 0.25) is 0 Å². The highest BCUT2D eigenvalue weighted by Crippen LogP contribution is 2.28. The highest BCUT2D eigenvalue weighted by atomic mass is 79.9. The zero-order valence-electron chi connectivity index (χ0n) is 12.3. The summed E-state index contributed by atoms with van der Waals surface area (Å²) in [6, 6.07) is 11.1. The van der Waals surface area contributed by atoms with Gasteiger partial charge < -0.3 is 10.4 Å². The molecular formula is C17H20BrNO2. The Morgan fingerprint density at radius 1 is 1.24 bits per heavy atom. The van der Waals surface area contributed by atoms with Crippen LogP contribution in [0.15, 0.2) is 36.4 Å². The van der Waals surface area contributed by atoms with E-state index in [4.69, 9.17) is 0 Å². The molecular weight excluding hydrogens is 330 g/mol. The van der Waals surface area contributed by atoms with E-state index in [1.807, 2.05) is 30.3 Å². The van der Waals surface area contributed by atoms with Crippen molar-refractivity contribution in [1.82, 2.24) is 5.32 Å². The molecule has 21 heavy (non-hydrogen) atoms. The molecule has 0 aromatic heterocycles. The van der Waals surface area contributed by atoms with E-state index in [9.17, 15) is 9.90 Å². The first-order valence-electron chi connectivity index (χ1n) is 7.10. The maximum Gasteiger partial charge on any atom is 0.255 e. The van der Waals surface area contributed by atoms with Crippen LogP contribution in [0.5, 0.6) is 5.75 Å². The van der Waals surface area contributed by atoms with Gasteiger partial charge in [-0.1, -0.05) is 60.1 Å². The van der Waals surface area contributed by atoms with Gasteiger partial charge in [-0.2, -0.15) is 0 Å². The lowest BCUT2D eigenvalue weighted by Gasteiger charge is -2.19. The number of phenols is 1. The standard InChI is InChI=1S/C17H20BrNO2/c1-11(2)9-13(10-18)19-17(21)15-8-7-12-5-3-4-6-14(12)16(15)20/h3-8,11,13,20H,9-10H2,1-2H3,(H,19,21). The van der Waals surface area contributed by atoms with E-state index >= 15 is 0 Å². The molecule has 2 aromatic rings. The molecule has 4 heteroatoms. The van der Waals surface area contributed by atoms with Gasteiger partial charge in [0.1, 0.15) is 5.75 Å². The number of carbonyl (C=O) groups excluding carboxylic acids is 1. The number of nitrogens with one attached hydrogen (secondary N) is 1. The van der Waals surface area contributed by atoms with Gasteiger partial charge in [0.2, 0.25) is 0 Å². The minimum atomic E-state index is -0.233. The lowest BCUT2D eigenvalue weighted by Crippen LogP contribution is -2.37. The molecule has 0 aliphatic carbocycles. The average molecular weight is 350 g/mol. The molecule has 0 aliphatic heterocycles. The second-order valence-corrected chi connectivity index (χ2v) is 6.28. The Bertz CT molecular complexity index is 640. The molecule has 3 nitrogen and oxygen atoms in total. The minimum Gasteiger partial charge on any atom is -0.506 e. The van der Waals surface area contributed by atoms with Gasteiger partial charge in [0.05, 0.1) is 5.56 Å². The van der Waals surface area contributed by atoms with Gasteiger partial charge in [-0.15, -0.1) is 0 Å². The molecule has 2 aromatic carbocycles. The zero-order chi connectivity index (χ0) is 15.4. The predicted molar refractivity (Wildman–Crippen MR) is 90.1 cm³/mol. The van der Waals surface area contributed by atoms with Gasteiger partial charge in [-0.25, -0.2) is 0 Å². The van der Waals surface area contributed by atoms with Crippen LogP contribution in [-0.4, -0.2) is 22.4 Å². The molecule has 1 unspecified atom stereocenters. The molecule has 112 valence electrons. The zero-order valence-corrected chi connectivity index (χ0v) is 13.9. The second kappa shape index (κ2) is 6.94. The molecule has 0 radical (unpaired) electrons. The van der Waals surface area contributed by atoms with Gasteiger partial charge in [-0.3, -0.25) is 4.79 Å². The van der Waals surface area contributed by atoms with Crippen molar-refractivity contribution in [2.24, 2.45) is 5.92 Å². The van der Waals surface area contributed by atoms with Crippen molar-refractivity contribution in [3.63, 3.8) is 0 Å². The van der Waals surface area contributed by atoms with Crippen LogP contribution in [0.4, 0.5) is 0 Å². The maximum absolute atomic E-state index is 12.4. The van der Waals surface area contributed by atoms with Gasteiger partial charge in [0.15, 0.2) is 0 Å². The van der Waals surface area contributed by atoms with Gasteiger partial charge in [-0.05, 0) is 23.8 Å². The summed E-state index contributed by atoms with van der Waals surface area (Å²) >= 11 is 3.43. The summed E-state index contributed by atoms with van der Waals surface area (Å²) < 4.78 is 0. The van der Waals surface area contributed by atoms with Crippen molar-refractivity contribution < 1.29 is 9.90 Å². The molecule has 1 amide bonds. The lowest BCUT2D eigenvalue weighted by molar-refractivity contribution is 0.0935. The van der Waals surface area contributed by atoms with Crippen LogP contribution in [0.25, 0.3) is 10.8 Å². The molecule has 2 N–H and O–H groups in total. The molecule has 1 atom stereocenters. The molecule has 0 saturated carbocycles. The number of halogens is 1. The summed E-state index contributed by atoms with van der Waals surface area (Å²) in [5, 5.41) is 15.6. The van der Waals surface area contributed by atoms with Crippen LogP contribution in [0.3, 0.4) is 0 Å². The largest absolute Gasteiger partial charge is 0.506 e. The number of alkyl halides is 1. The monoisotopic (exact) mass is 349 g/mol.